The van der Waals surface area contributed by atoms with Gasteiger partial charge in [-0.1, -0.05) is 75.1 Å². The Kier molecular flexibility index (Phi) is 9.38. The van der Waals surface area contributed by atoms with Crippen molar-refractivity contribution in [2.45, 2.75) is 57.5 Å². The quantitative estimate of drug-likeness (QED) is 0.465. The zero-order valence-electron chi connectivity index (χ0n) is 19.3. The van der Waals surface area contributed by atoms with Crippen LogP contribution in [-0.2, 0) is 10.3 Å². The van der Waals surface area contributed by atoms with Crippen molar-refractivity contribution in [3.63, 3.8) is 0 Å². The average Bonchev–Trinajstić information content (AvgIpc) is 2.82. The van der Waals surface area contributed by atoms with Gasteiger partial charge in [0.1, 0.15) is 5.75 Å². The van der Waals surface area contributed by atoms with E-state index in [0.29, 0.717) is 6.61 Å². The second kappa shape index (κ2) is 12.2. The number of benzene rings is 2. The minimum atomic E-state index is -0.932. The Balaban J connectivity index is 1.94. The maximum Gasteiger partial charge on any atom is 0.119 e. The number of ether oxygens (including phenoxy) is 2. The minimum Gasteiger partial charge on any atom is -0.494 e. The van der Waals surface area contributed by atoms with Crippen LogP contribution in [0.25, 0.3) is 0 Å². The molecule has 1 fully saturated rings. The van der Waals surface area contributed by atoms with Gasteiger partial charge in [-0.05, 0) is 36.6 Å². The van der Waals surface area contributed by atoms with E-state index in [2.05, 4.69) is 48.2 Å². The van der Waals surface area contributed by atoms with Gasteiger partial charge in [0.15, 0.2) is 0 Å². The van der Waals surface area contributed by atoms with Crippen LogP contribution in [0.4, 0.5) is 0 Å². The Morgan fingerprint density at radius 3 is 2.32 bits per heavy atom. The van der Waals surface area contributed by atoms with Crippen molar-refractivity contribution >= 4 is 0 Å². The summed E-state index contributed by atoms with van der Waals surface area (Å²) in [5.41, 5.74) is 1.24. The molecule has 0 aromatic heterocycles. The zero-order valence-corrected chi connectivity index (χ0v) is 19.3. The third-order valence-electron chi connectivity index (χ3n) is 6.40. The van der Waals surface area contributed by atoms with Gasteiger partial charge < -0.3 is 14.6 Å². The van der Waals surface area contributed by atoms with E-state index < -0.39 is 5.60 Å². The first kappa shape index (κ1) is 23.8. The first-order chi connectivity index (χ1) is 15.2. The summed E-state index contributed by atoms with van der Waals surface area (Å²) in [5.74, 6) is 0.843. The molecule has 1 saturated heterocycles. The standard InChI is InChI=1S/C27H39NO3/c1-3-5-6-10-17-27(29,24-13-15-25(16-14-24)31-4-2)26(23-11-8-7-9-12-23)22-28-18-20-30-21-19-28/h7-9,11-16,26,29H,3-6,10,17-22H2,1-2H3/t26-,27-/m0/s1. The number of hydrogen-bond acceptors (Lipinski definition) is 4. The lowest BCUT2D eigenvalue weighted by molar-refractivity contribution is -0.0296. The number of rotatable bonds is 12. The van der Waals surface area contributed by atoms with Gasteiger partial charge in [-0.2, -0.15) is 0 Å². The summed E-state index contributed by atoms with van der Waals surface area (Å²) in [7, 11) is 0. The molecular formula is C27H39NO3. The van der Waals surface area contributed by atoms with Crippen molar-refractivity contribution in [3.8, 4) is 5.75 Å². The molecule has 0 bridgehead atoms. The molecule has 0 unspecified atom stereocenters. The van der Waals surface area contributed by atoms with E-state index in [9.17, 15) is 5.11 Å². The molecule has 1 heterocycles. The van der Waals surface area contributed by atoms with Crippen LogP contribution in [0.2, 0.25) is 0 Å². The van der Waals surface area contributed by atoms with Crippen LogP contribution in [0.5, 0.6) is 5.75 Å². The summed E-state index contributed by atoms with van der Waals surface area (Å²) in [6, 6.07) is 18.6. The topological polar surface area (TPSA) is 41.9 Å². The number of nitrogens with zero attached hydrogens (tertiary/aromatic N) is 1. The highest BCUT2D eigenvalue weighted by molar-refractivity contribution is 5.35. The Bertz CT molecular complexity index is 743. The fraction of sp³-hybridized carbons (Fsp3) is 0.556. The van der Waals surface area contributed by atoms with E-state index in [0.717, 1.165) is 63.4 Å². The van der Waals surface area contributed by atoms with Crippen molar-refractivity contribution in [3.05, 3.63) is 65.7 Å². The lowest BCUT2D eigenvalue weighted by Crippen LogP contribution is -2.45. The van der Waals surface area contributed by atoms with Gasteiger partial charge in [-0.3, -0.25) is 4.90 Å². The van der Waals surface area contributed by atoms with Crippen LogP contribution < -0.4 is 4.74 Å². The number of unbranched alkanes of at least 4 members (excludes halogenated alkanes) is 3. The molecule has 2 aromatic rings. The molecule has 0 spiro atoms. The molecule has 1 N–H and O–H groups in total. The molecule has 1 aliphatic rings. The Labute approximate surface area is 188 Å². The van der Waals surface area contributed by atoms with Gasteiger partial charge in [0, 0.05) is 25.6 Å². The molecule has 4 heteroatoms. The van der Waals surface area contributed by atoms with Crippen molar-refractivity contribution in [1.82, 2.24) is 4.90 Å². The maximum absolute atomic E-state index is 12.3. The molecule has 4 nitrogen and oxygen atoms in total. The van der Waals surface area contributed by atoms with Crippen molar-refractivity contribution < 1.29 is 14.6 Å². The summed E-state index contributed by atoms with van der Waals surface area (Å²) in [6.07, 6.45) is 5.32. The number of hydrogen-bond donors (Lipinski definition) is 1. The summed E-state index contributed by atoms with van der Waals surface area (Å²) in [4.78, 5) is 2.44. The Hall–Kier alpha value is -1.88. The van der Waals surface area contributed by atoms with Crippen molar-refractivity contribution in [2.75, 3.05) is 39.5 Å². The molecule has 2 aromatic carbocycles. The zero-order chi connectivity index (χ0) is 21.9. The SMILES string of the molecule is CCCCCC[C@](O)(c1ccc(OCC)cc1)[C@@H](CN1CCOCC1)c1ccccc1. The molecule has 1 aliphatic heterocycles. The molecule has 0 saturated carbocycles. The van der Waals surface area contributed by atoms with Crippen LogP contribution in [0.15, 0.2) is 54.6 Å². The average molecular weight is 426 g/mol. The van der Waals surface area contributed by atoms with E-state index in [4.69, 9.17) is 9.47 Å². The van der Waals surface area contributed by atoms with Crippen LogP contribution in [0.1, 0.15) is 63.0 Å². The van der Waals surface area contributed by atoms with Gasteiger partial charge in [-0.25, -0.2) is 0 Å². The van der Waals surface area contributed by atoms with E-state index in [-0.39, 0.29) is 5.92 Å². The fourth-order valence-electron chi connectivity index (χ4n) is 4.61. The first-order valence-electron chi connectivity index (χ1n) is 12.0. The normalized spacial score (nSPS) is 17.8. The highest BCUT2D eigenvalue weighted by Crippen LogP contribution is 2.42. The van der Waals surface area contributed by atoms with Gasteiger partial charge in [0.25, 0.3) is 0 Å². The molecule has 0 aliphatic carbocycles. The molecule has 2 atom stereocenters. The lowest BCUT2D eigenvalue weighted by atomic mass is 9.74. The summed E-state index contributed by atoms with van der Waals surface area (Å²) >= 11 is 0. The summed E-state index contributed by atoms with van der Waals surface area (Å²) in [5, 5.41) is 12.3. The van der Waals surface area contributed by atoms with Crippen molar-refractivity contribution in [2.24, 2.45) is 0 Å². The second-order valence-electron chi connectivity index (χ2n) is 8.57. The molecule has 170 valence electrons. The van der Waals surface area contributed by atoms with Crippen LogP contribution in [-0.4, -0.2) is 49.5 Å². The van der Waals surface area contributed by atoms with E-state index >= 15 is 0 Å². The highest BCUT2D eigenvalue weighted by atomic mass is 16.5. The van der Waals surface area contributed by atoms with Crippen LogP contribution in [0, 0.1) is 0 Å². The largest absolute Gasteiger partial charge is 0.494 e. The Morgan fingerprint density at radius 1 is 0.968 bits per heavy atom. The second-order valence-corrected chi connectivity index (χ2v) is 8.57. The molecule has 3 rings (SSSR count). The van der Waals surface area contributed by atoms with Gasteiger partial charge in [0.05, 0.1) is 25.4 Å². The van der Waals surface area contributed by atoms with Crippen LogP contribution >= 0.6 is 0 Å². The van der Waals surface area contributed by atoms with Crippen molar-refractivity contribution in [1.29, 1.82) is 0 Å². The van der Waals surface area contributed by atoms with Gasteiger partial charge >= 0.3 is 0 Å². The smallest absolute Gasteiger partial charge is 0.119 e. The van der Waals surface area contributed by atoms with E-state index in [1.165, 1.54) is 18.4 Å². The predicted molar refractivity (Wildman–Crippen MR) is 127 cm³/mol. The summed E-state index contributed by atoms with van der Waals surface area (Å²) in [6.45, 7) is 9.04. The third kappa shape index (κ3) is 6.55. The molecule has 0 radical (unpaired) electrons. The van der Waals surface area contributed by atoms with Crippen LogP contribution in [0.3, 0.4) is 0 Å². The highest BCUT2D eigenvalue weighted by Gasteiger charge is 2.40. The first-order valence-corrected chi connectivity index (χ1v) is 12.0. The maximum atomic E-state index is 12.3. The van der Waals surface area contributed by atoms with E-state index in [1.54, 1.807) is 0 Å². The lowest BCUT2D eigenvalue weighted by Gasteiger charge is -2.41. The molecule has 31 heavy (non-hydrogen) atoms. The summed E-state index contributed by atoms with van der Waals surface area (Å²) < 4.78 is 11.2. The number of aliphatic hydroxyl groups is 1. The predicted octanol–water partition coefficient (Wildman–Crippen LogP) is 5.36. The van der Waals surface area contributed by atoms with Gasteiger partial charge in [0.2, 0.25) is 0 Å². The Morgan fingerprint density at radius 2 is 1.68 bits per heavy atom. The van der Waals surface area contributed by atoms with E-state index in [1.807, 2.05) is 25.1 Å². The number of morpholine rings is 1. The fourth-order valence-corrected chi connectivity index (χ4v) is 4.61. The molecule has 0 amide bonds. The minimum absolute atomic E-state index is 0.00799. The molecular weight excluding hydrogens is 386 g/mol. The van der Waals surface area contributed by atoms with Gasteiger partial charge in [-0.15, -0.1) is 0 Å². The third-order valence-corrected chi connectivity index (χ3v) is 6.40. The monoisotopic (exact) mass is 425 g/mol.